The third-order valence-electron chi connectivity index (χ3n) is 3.68. The zero-order valence-electron chi connectivity index (χ0n) is 13.4. The molecule has 0 fully saturated rings. The summed E-state index contributed by atoms with van der Waals surface area (Å²) in [5, 5.41) is 11.7. The average Bonchev–Trinajstić information content (AvgIpc) is 2.52. The number of hydrogen-bond acceptors (Lipinski definition) is 4. The maximum Gasteiger partial charge on any atom is 0.329 e. The van der Waals surface area contributed by atoms with Gasteiger partial charge in [-0.05, 0) is 37.5 Å². The molecular formula is C16H23NO5. The van der Waals surface area contributed by atoms with Gasteiger partial charge in [0, 0.05) is 6.42 Å². The smallest absolute Gasteiger partial charge is 0.329 e. The Morgan fingerprint density at radius 2 is 1.86 bits per heavy atom. The van der Waals surface area contributed by atoms with Gasteiger partial charge in [-0.15, -0.1) is 0 Å². The van der Waals surface area contributed by atoms with Gasteiger partial charge >= 0.3 is 5.97 Å². The number of carboxylic acids is 1. The van der Waals surface area contributed by atoms with Gasteiger partial charge < -0.3 is 19.9 Å². The first kappa shape index (κ1) is 17.8. The van der Waals surface area contributed by atoms with Crippen molar-refractivity contribution >= 4 is 11.9 Å². The van der Waals surface area contributed by atoms with Crippen molar-refractivity contribution in [3.8, 4) is 11.5 Å². The van der Waals surface area contributed by atoms with Crippen molar-refractivity contribution < 1.29 is 24.2 Å². The van der Waals surface area contributed by atoms with Crippen molar-refractivity contribution in [3.63, 3.8) is 0 Å². The number of carbonyl (C=O) groups excluding carboxylic acids is 1. The molecule has 1 aromatic rings. The number of methoxy groups -OCH3 is 2. The van der Waals surface area contributed by atoms with Crippen LogP contribution >= 0.6 is 0 Å². The standard InChI is InChI=1S/C16H23NO5/c1-5-16(2,15(19)20)17-14(18)9-7-11-6-8-12(21-3)13(10-11)22-4/h6,8,10H,5,7,9H2,1-4H3,(H,17,18)(H,19,20). The summed E-state index contributed by atoms with van der Waals surface area (Å²) < 4.78 is 10.4. The highest BCUT2D eigenvalue weighted by Gasteiger charge is 2.32. The summed E-state index contributed by atoms with van der Waals surface area (Å²) in [4.78, 5) is 23.1. The molecule has 0 radical (unpaired) electrons. The summed E-state index contributed by atoms with van der Waals surface area (Å²) in [5.74, 6) is -0.0968. The molecule has 0 aliphatic rings. The minimum Gasteiger partial charge on any atom is -0.493 e. The fourth-order valence-corrected chi connectivity index (χ4v) is 1.96. The van der Waals surface area contributed by atoms with E-state index in [-0.39, 0.29) is 12.3 Å². The lowest BCUT2D eigenvalue weighted by atomic mass is 9.98. The van der Waals surface area contributed by atoms with Crippen LogP contribution in [0.4, 0.5) is 0 Å². The van der Waals surface area contributed by atoms with Gasteiger partial charge in [0.05, 0.1) is 14.2 Å². The SMILES string of the molecule is CCC(C)(NC(=O)CCc1ccc(OC)c(OC)c1)C(=O)O. The number of aryl methyl sites for hydroxylation is 1. The Morgan fingerprint density at radius 3 is 2.36 bits per heavy atom. The molecular weight excluding hydrogens is 286 g/mol. The van der Waals surface area contributed by atoms with E-state index in [1.54, 1.807) is 27.2 Å². The van der Waals surface area contributed by atoms with E-state index in [0.717, 1.165) is 5.56 Å². The molecule has 6 nitrogen and oxygen atoms in total. The van der Waals surface area contributed by atoms with E-state index < -0.39 is 11.5 Å². The van der Waals surface area contributed by atoms with Gasteiger partial charge in [0.15, 0.2) is 11.5 Å². The molecule has 2 N–H and O–H groups in total. The number of carbonyl (C=O) groups is 2. The van der Waals surface area contributed by atoms with Gasteiger partial charge in [0.2, 0.25) is 5.91 Å². The number of rotatable bonds is 8. The first-order valence-corrected chi connectivity index (χ1v) is 7.11. The highest BCUT2D eigenvalue weighted by molar-refractivity contribution is 5.86. The summed E-state index contributed by atoms with van der Waals surface area (Å²) in [7, 11) is 3.11. The Labute approximate surface area is 130 Å². The first-order chi connectivity index (χ1) is 10.4. The number of carboxylic acid groups (broad SMARTS) is 1. The normalized spacial score (nSPS) is 13.1. The minimum atomic E-state index is -1.23. The summed E-state index contributed by atoms with van der Waals surface area (Å²) in [6.45, 7) is 3.23. The number of aliphatic carboxylic acids is 1. The van der Waals surface area contributed by atoms with Gasteiger partial charge in [-0.3, -0.25) is 4.79 Å². The number of hydrogen-bond donors (Lipinski definition) is 2. The predicted molar refractivity (Wildman–Crippen MR) is 82.3 cm³/mol. The second-order valence-electron chi connectivity index (χ2n) is 5.23. The van der Waals surface area contributed by atoms with Gasteiger partial charge in [0.25, 0.3) is 0 Å². The van der Waals surface area contributed by atoms with Crippen LogP contribution in [-0.2, 0) is 16.0 Å². The van der Waals surface area contributed by atoms with Crippen molar-refractivity contribution in [2.24, 2.45) is 0 Å². The lowest BCUT2D eigenvalue weighted by Crippen LogP contribution is -2.51. The van der Waals surface area contributed by atoms with Crippen LogP contribution < -0.4 is 14.8 Å². The molecule has 0 aliphatic heterocycles. The van der Waals surface area contributed by atoms with E-state index in [0.29, 0.717) is 24.3 Å². The van der Waals surface area contributed by atoms with E-state index in [9.17, 15) is 9.59 Å². The van der Waals surface area contributed by atoms with E-state index in [1.807, 2.05) is 12.1 Å². The maximum absolute atomic E-state index is 11.9. The molecule has 122 valence electrons. The molecule has 0 aromatic heterocycles. The summed E-state index contributed by atoms with van der Waals surface area (Å²) >= 11 is 0. The molecule has 22 heavy (non-hydrogen) atoms. The predicted octanol–water partition coefficient (Wildman–Crippen LogP) is 2.01. The van der Waals surface area contributed by atoms with E-state index >= 15 is 0 Å². The second kappa shape index (κ2) is 7.68. The van der Waals surface area contributed by atoms with Crippen molar-refractivity contribution in [1.29, 1.82) is 0 Å². The molecule has 0 spiro atoms. The third kappa shape index (κ3) is 4.38. The fraction of sp³-hybridized carbons (Fsp3) is 0.500. The highest BCUT2D eigenvalue weighted by Crippen LogP contribution is 2.28. The van der Waals surface area contributed by atoms with E-state index in [2.05, 4.69) is 5.32 Å². The fourth-order valence-electron chi connectivity index (χ4n) is 1.96. The Bertz CT molecular complexity index is 543. The molecule has 0 saturated carbocycles. The van der Waals surface area contributed by atoms with Crippen molar-refractivity contribution in [2.75, 3.05) is 14.2 Å². The number of ether oxygens (including phenoxy) is 2. The second-order valence-corrected chi connectivity index (χ2v) is 5.23. The Hall–Kier alpha value is -2.24. The monoisotopic (exact) mass is 309 g/mol. The molecule has 0 saturated heterocycles. The Morgan fingerprint density at radius 1 is 1.23 bits per heavy atom. The van der Waals surface area contributed by atoms with Crippen LogP contribution in [0.25, 0.3) is 0 Å². The van der Waals surface area contributed by atoms with Crippen molar-refractivity contribution in [1.82, 2.24) is 5.32 Å². The zero-order chi connectivity index (χ0) is 16.8. The number of benzene rings is 1. The van der Waals surface area contributed by atoms with E-state index in [4.69, 9.17) is 14.6 Å². The van der Waals surface area contributed by atoms with Gasteiger partial charge in [-0.1, -0.05) is 13.0 Å². The molecule has 0 aliphatic carbocycles. The quantitative estimate of drug-likeness (QED) is 0.767. The number of nitrogens with one attached hydrogen (secondary N) is 1. The lowest BCUT2D eigenvalue weighted by Gasteiger charge is -2.24. The minimum absolute atomic E-state index is 0.207. The summed E-state index contributed by atoms with van der Waals surface area (Å²) in [6.07, 6.45) is 1.02. The third-order valence-corrected chi connectivity index (χ3v) is 3.68. The summed E-state index contributed by atoms with van der Waals surface area (Å²) in [5.41, 5.74) is -0.310. The van der Waals surface area contributed by atoms with Crippen LogP contribution in [0.15, 0.2) is 18.2 Å². The Kier molecular flexibility index (Phi) is 6.22. The molecule has 1 amide bonds. The molecule has 1 atom stereocenters. The molecule has 1 aromatic carbocycles. The molecule has 0 heterocycles. The maximum atomic E-state index is 11.9. The van der Waals surface area contributed by atoms with Crippen molar-refractivity contribution in [2.45, 2.75) is 38.6 Å². The van der Waals surface area contributed by atoms with Gasteiger partial charge in [-0.2, -0.15) is 0 Å². The van der Waals surface area contributed by atoms with Crippen LogP contribution in [0, 0.1) is 0 Å². The lowest BCUT2D eigenvalue weighted by molar-refractivity contribution is -0.147. The Balaban J connectivity index is 2.66. The topological polar surface area (TPSA) is 84.9 Å². The largest absolute Gasteiger partial charge is 0.493 e. The van der Waals surface area contributed by atoms with Gasteiger partial charge in [-0.25, -0.2) is 4.79 Å². The van der Waals surface area contributed by atoms with Gasteiger partial charge in [0.1, 0.15) is 5.54 Å². The zero-order valence-corrected chi connectivity index (χ0v) is 13.4. The van der Waals surface area contributed by atoms with Crippen molar-refractivity contribution in [3.05, 3.63) is 23.8 Å². The number of amides is 1. The molecule has 1 unspecified atom stereocenters. The molecule has 1 rings (SSSR count). The van der Waals surface area contributed by atoms with Crippen LogP contribution in [0.3, 0.4) is 0 Å². The first-order valence-electron chi connectivity index (χ1n) is 7.11. The molecule has 0 bridgehead atoms. The molecule has 6 heteroatoms. The van der Waals surface area contributed by atoms with E-state index in [1.165, 1.54) is 6.92 Å². The van der Waals surface area contributed by atoms with Crippen LogP contribution in [0.2, 0.25) is 0 Å². The average molecular weight is 309 g/mol. The van der Waals surface area contributed by atoms with Crippen LogP contribution in [0.5, 0.6) is 11.5 Å². The highest BCUT2D eigenvalue weighted by atomic mass is 16.5. The van der Waals surface area contributed by atoms with Crippen LogP contribution in [0.1, 0.15) is 32.3 Å². The van der Waals surface area contributed by atoms with Crippen LogP contribution in [-0.4, -0.2) is 36.7 Å². The summed E-state index contributed by atoms with van der Waals surface area (Å²) in [6, 6.07) is 5.44.